The molecular weight excluding hydrogens is 330 g/mol. The van der Waals surface area contributed by atoms with E-state index in [1.165, 1.54) is 6.42 Å². The number of methoxy groups -OCH3 is 1. The minimum atomic E-state index is 0.420. The van der Waals surface area contributed by atoms with Crippen molar-refractivity contribution in [2.24, 2.45) is 5.92 Å². The van der Waals surface area contributed by atoms with Crippen molar-refractivity contribution in [3.8, 4) is 5.88 Å². The lowest BCUT2D eigenvalue weighted by atomic mass is 9.92. The Morgan fingerprint density at radius 3 is 2.81 bits per heavy atom. The zero-order chi connectivity index (χ0) is 18.1. The molecule has 138 valence electrons. The highest BCUT2D eigenvalue weighted by Crippen LogP contribution is 2.35. The van der Waals surface area contributed by atoms with Gasteiger partial charge in [-0.3, -0.25) is 0 Å². The van der Waals surface area contributed by atoms with Crippen LogP contribution in [0.25, 0.3) is 0 Å². The average Bonchev–Trinajstić information content (AvgIpc) is 3.11. The van der Waals surface area contributed by atoms with Crippen LogP contribution in [0.1, 0.15) is 12.8 Å². The van der Waals surface area contributed by atoms with Crippen LogP contribution < -0.4 is 19.4 Å². The Labute approximate surface area is 153 Å². The van der Waals surface area contributed by atoms with E-state index in [0.717, 1.165) is 43.6 Å². The third-order valence-electron chi connectivity index (χ3n) is 5.36. The van der Waals surface area contributed by atoms with E-state index in [-0.39, 0.29) is 0 Å². The van der Waals surface area contributed by atoms with Gasteiger partial charge < -0.3 is 19.4 Å². The second kappa shape index (κ2) is 6.93. The number of nitrogens with zero attached hydrogens (tertiary/aromatic N) is 7. The highest BCUT2D eigenvalue weighted by molar-refractivity contribution is 5.51. The fourth-order valence-electron chi connectivity index (χ4n) is 3.94. The Morgan fingerprint density at radius 2 is 2.00 bits per heavy atom. The van der Waals surface area contributed by atoms with E-state index in [0.29, 0.717) is 17.8 Å². The molecule has 2 aromatic heterocycles. The normalized spacial score (nSPS) is 22.3. The molecule has 0 N–H and O–H groups in total. The number of hydrogen-bond donors (Lipinski definition) is 0. The maximum absolute atomic E-state index is 5.25. The molecule has 2 unspecified atom stereocenters. The lowest BCUT2D eigenvalue weighted by Crippen LogP contribution is -2.49. The molecule has 2 atom stereocenters. The third kappa shape index (κ3) is 3.11. The van der Waals surface area contributed by atoms with Gasteiger partial charge in [0.15, 0.2) is 0 Å². The first kappa shape index (κ1) is 16.8. The van der Waals surface area contributed by atoms with Crippen LogP contribution in [0.3, 0.4) is 0 Å². The standard InChI is InChI=1S/C18H25N7O/c1-23(2)15-10-16(21-12-20-15)25-9-6-13-5-8-24(11-14(13)25)18-19-7-4-17(22-18)26-3/h4,7,10,12-14H,5-6,8-9,11H2,1-3H3. The van der Waals surface area contributed by atoms with E-state index >= 15 is 0 Å². The summed E-state index contributed by atoms with van der Waals surface area (Å²) in [6, 6.07) is 4.27. The summed E-state index contributed by atoms with van der Waals surface area (Å²) in [7, 11) is 5.64. The van der Waals surface area contributed by atoms with Crippen molar-refractivity contribution in [1.82, 2.24) is 19.9 Å². The first-order valence-corrected chi connectivity index (χ1v) is 9.03. The van der Waals surface area contributed by atoms with Gasteiger partial charge in [0.05, 0.1) is 13.2 Å². The summed E-state index contributed by atoms with van der Waals surface area (Å²) in [4.78, 5) is 24.5. The predicted octanol–water partition coefficient (Wildman–Crippen LogP) is 1.45. The molecule has 4 heterocycles. The fraction of sp³-hybridized carbons (Fsp3) is 0.556. The number of rotatable bonds is 4. The predicted molar refractivity (Wildman–Crippen MR) is 101 cm³/mol. The van der Waals surface area contributed by atoms with E-state index in [9.17, 15) is 0 Å². The molecule has 2 fully saturated rings. The van der Waals surface area contributed by atoms with Crippen molar-refractivity contribution in [2.75, 3.05) is 55.5 Å². The topological polar surface area (TPSA) is 70.5 Å². The van der Waals surface area contributed by atoms with Crippen molar-refractivity contribution < 1.29 is 4.74 Å². The highest BCUT2D eigenvalue weighted by Gasteiger charge is 2.39. The summed E-state index contributed by atoms with van der Waals surface area (Å²) in [5.74, 6) is 3.97. The Kier molecular flexibility index (Phi) is 4.48. The molecule has 0 aliphatic carbocycles. The van der Waals surface area contributed by atoms with Gasteiger partial charge in [-0.25, -0.2) is 15.0 Å². The van der Waals surface area contributed by atoms with E-state index < -0.39 is 0 Å². The Balaban J connectivity index is 1.56. The number of anilines is 3. The van der Waals surface area contributed by atoms with Crippen LogP contribution in [0.2, 0.25) is 0 Å². The monoisotopic (exact) mass is 355 g/mol. The van der Waals surface area contributed by atoms with Gasteiger partial charge in [0.1, 0.15) is 18.0 Å². The van der Waals surface area contributed by atoms with Crippen LogP contribution in [-0.2, 0) is 0 Å². The number of hydrogen-bond acceptors (Lipinski definition) is 8. The molecule has 2 saturated heterocycles. The summed E-state index contributed by atoms with van der Waals surface area (Å²) in [5.41, 5.74) is 0. The van der Waals surface area contributed by atoms with Crippen molar-refractivity contribution in [3.05, 3.63) is 24.7 Å². The van der Waals surface area contributed by atoms with Gasteiger partial charge in [-0.2, -0.15) is 4.98 Å². The highest BCUT2D eigenvalue weighted by atomic mass is 16.5. The zero-order valence-electron chi connectivity index (χ0n) is 15.5. The van der Waals surface area contributed by atoms with Gasteiger partial charge in [0.25, 0.3) is 0 Å². The SMILES string of the molecule is COc1ccnc(N2CCC3CCN(c4cc(N(C)C)ncn4)C3C2)n1. The first-order valence-electron chi connectivity index (χ1n) is 9.03. The third-order valence-corrected chi connectivity index (χ3v) is 5.36. The maximum Gasteiger partial charge on any atom is 0.228 e. The van der Waals surface area contributed by atoms with E-state index in [4.69, 9.17) is 4.74 Å². The fourth-order valence-corrected chi connectivity index (χ4v) is 3.94. The van der Waals surface area contributed by atoms with Crippen molar-refractivity contribution in [2.45, 2.75) is 18.9 Å². The largest absolute Gasteiger partial charge is 0.481 e. The molecule has 2 aromatic rings. The molecule has 0 spiro atoms. The van der Waals surface area contributed by atoms with E-state index in [2.05, 4.69) is 35.8 Å². The molecule has 0 bridgehead atoms. The minimum Gasteiger partial charge on any atom is -0.481 e. The van der Waals surface area contributed by atoms with Gasteiger partial charge in [0.2, 0.25) is 11.8 Å². The molecule has 8 heteroatoms. The van der Waals surface area contributed by atoms with E-state index in [1.54, 1.807) is 25.7 Å². The van der Waals surface area contributed by atoms with Crippen LogP contribution in [0.15, 0.2) is 24.7 Å². The van der Waals surface area contributed by atoms with Crippen LogP contribution in [0, 0.1) is 5.92 Å². The van der Waals surface area contributed by atoms with Gasteiger partial charge >= 0.3 is 0 Å². The summed E-state index contributed by atoms with van der Waals surface area (Å²) in [5, 5.41) is 0. The van der Waals surface area contributed by atoms with Crippen LogP contribution in [0.5, 0.6) is 5.88 Å². The van der Waals surface area contributed by atoms with Crippen LogP contribution in [0.4, 0.5) is 17.6 Å². The molecule has 2 aliphatic heterocycles. The molecule has 0 amide bonds. The first-order chi connectivity index (χ1) is 12.7. The molecule has 0 aromatic carbocycles. The molecule has 26 heavy (non-hydrogen) atoms. The quantitative estimate of drug-likeness (QED) is 0.816. The lowest BCUT2D eigenvalue weighted by molar-refractivity contribution is 0.379. The van der Waals surface area contributed by atoms with Gasteiger partial charge in [-0.1, -0.05) is 0 Å². The zero-order valence-corrected chi connectivity index (χ0v) is 15.5. The molecule has 2 aliphatic rings. The molecule has 4 rings (SSSR count). The maximum atomic E-state index is 5.25. The van der Waals surface area contributed by atoms with Crippen molar-refractivity contribution >= 4 is 17.6 Å². The molecule has 0 radical (unpaired) electrons. The summed E-state index contributed by atoms with van der Waals surface area (Å²) in [6.45, 7) is 2.92. The van der Waals surface area contributed by atoms with E-state index in [1.807, 2.05) is 19.0 Å². The second-order valence-corrected chi connectivity index (χ2v) is 7.07. The van der Waals surface area contributed by atoms with Crippen molar-refractivity contribution in [3.63, 3.8) is 0 Å². The minimum absolute atomic E-state index is 0.420. The molecule has 8 nitrogen and oxygen atoms in total. The average molecular weight is 355 g/mol. The van der Waals surface area contributed by atoms with Crippen LogP contribution in [-0.4, -0.2) is 66.8 Å². The van der Waals surface area contributed by atoms with Gasteiger partial charge in [-0.15, -0.1) is 0 Å². The summed E-state index contributed by atoms with van der Waals surface area (Å²) in [6.07, 6.45) is 5.77. The summed E-state index contributed by atoms with van der Waals surface area (Å²) < 4.78 is 5.25. The summed E-state index contributed by atoms with van der Waals surface area (Å²) >= 11 is 0. The second-order valence-electron chi connectivity index (χ2n) is 7.07. The Hall–Kier alpha value is -2.64. The Morgan fingerprint density at radius 1 is 1.15 bits per heavy atom. The Bertz CT molecular complexity index is 769. The smallest absolute Gasteiger partial charge is 0.228 e. The number of aromatic nitrogens is 4. The molecule has 0 saturated carbocycles. The molecular formula is C18H25N7O. The van der Waals surface area contributed by atoms with Crippen molar-refractivity contribution in [1.29, 1.82) is 0 Å². The number of piperidine rings is 1. The number of ether oxygens (including phenoxy) is 1. The number of fused-ring (bicyclic) bond motifs is 1. The lowest BCUT2D eigenvalue weighted by Gasteiger charge is -2.38. The van der Waals surface area contributed by atoms with Gasteiger partial charge in [-0.05, 0) is 18.8 Å². The van der Waals surface area contributed by atoms with Crippen LogP contribution >= 0.6 is 0 Å². The van der Waals surface area contributed by atoms with Gasteiger partial charge in [0, 0.05) is 52.1 Å².